The molecule has 10 aromatic carbocycles. The Kier molecular flexibility index (Phi) is 9.77. The fourth-order valence-corrected chi connectivity index (χ4v) is 9.13. The molecule has 0 fully saturated rings. The van der Waals surface area contributed by atoms with Crippen molar-refractivity contribution in [3.8, 4) is 62.1 Å². The average Bonchev–Trinajstić information content (AvgIpc) is 3.73. The van der Waals surface area contributed by atoms with Gasteiger partial charge in [0.1, 0.15) is 0 Å². The van der Waals surface area contributed by atoms with Crippen LogP contribution >= 0.6 is 0 Å². The maximum absolute atomic E-state index is 5.09. The highest BCUT2D eigenvalue weighted by Crippen LogP contribution is 2.39. The first kappa shape index (κ1) is 38.7. The molecule has 0 atom stereocenters. The fourth-order valence-electron chi connectivity index (χ4n) is 9.13. The number of benzene rings is 10. The summed E-state index contributed by atoms with van der Waals surface area (Å²) in [6.45, 7) is 0. The third-order valence-electron chi connectivity index (χ3n) is 12.4. The fraction of sp³-hybridized carbons (Fsp3) is 0. The number of hydrogen-bond acceptors (Lipinski definition) is 4. The zero-order valence-corrected chi connectivity index (χ0v) is 35.9. The zero-order chi connectivity index (χ0) is 43.8. The predicted octanol–water partition coefficient (Wildman–Crippen LogP) is 15.9. The molecule has 0 bridgehead atoms. The van der Waals surface area contributed by atoms with Gasteiger partial charge in [-0.25, -0.2) is 15.0 Å². The molecule has 2 heterocycles. The molecule has 0 spiro atoms. The molecule has 66 heavy (non-hydrogen) atoms. The van der Waals surface area contributed by atoms with Crippen LogP contribution in [-0.4, -0.2) is 19.5 Å². The maximum Gasteiger partial charge on any atom is 0.164 e. The van der Waals surface area contributed by atoms with Crippen LogP contribution in [0.4, 0.5) is 17.1 Å². The van der Waals surface area contributed by atoms with Gasteiger partial charge in [0.15, 0.2) is 17.5 Å². The van der Waals surface area contributed by atoms with E-state index in [9.17, 15) is 0 Å². The van der Waals surface area contributed by atoms with Crippen molar-refractivity contribution in [2.24, 2.45) is 0 Å². The number of nitrogens with zero attached hydrogens (tertiary/aromatic N) is 5. The molecule has 0 saturated carbocycles. The minimum atomic E-state index is 0.616. The second kappa shape index (κ2) is 16.6. The van der Waals surface area contributed by atoms with E-state index < -0.39 is 0 Å². The van der Waals surface area contributed by atoms with Crippen molar-refractivity contribution in [1.29, 1.82) is 0 Å². The highest BCUT2D eigenvalue weighted by molar-refractivity contribution is 6.10. The van der Waals surface area contributed by atoms with E-state index in [2.05, 4.69) is 228 Å². The van der Waals surface area contributed by atoms with E-state index in [1.165, 1.54) is 43.9 Å². The Bertz CT molecular complexity index is 3660. The Balaban J connectivity index is 0.926. The van der Waals surface area contributed by atoms with Crippen LogP contribution in [0.3, 0.4) is 0 Å². The Morgan fingerprint density at radius 1 is 0.273 bits per heavy atom. The molecule has 12 rings (SSSR count). The number of aromatic nitrogens is 4. The topological polar surface area (TPSA) is 46.8 Å². The summed E-state index contributed by atoms with van der Waals surface area (Å²) in [5.41, 5.74) is 14.1. The van der Waals surface area contributed by atoms with Crippen molar-refractivity contribution in [3.05, 3.63) is 249 Å². The van der Waals surface area contributed by atoms with Crippen molar-refractivity contribution >= 4 is 49.6 Å². The summed E-state index contributed by atoms with van der Waals surface area (Å²) in [5, 5.41) is 4.78. The molecular formula is C61H41N5. The van der Waals surface area contributed by atoms with Crippen molar-refractivity contribution in [1.82, 2.24) is 19.5 Å². The summed E-state index contributed by atoms with van der Waals surface area (Å²) in [6, 6.07) is 87.8. The van der Waals surface area contributed by atoms with Gasteiger partial charge in [0.2, 0.25) is 0 Å². The van der Waals surface area contributed by atoms with Gasteiger partial charge in [-0.15, -0.1) is 0 Å². The molecule has 5 heteroatoms. The Labute approximate surface area is 383 Å². The molecule has 0 unspecified atom stereocenters. The van der Waals surface area contributed by atoms with Gasteiger partial charge in [-0.3, -0.25) is 0 Å². The van der Waals surface area contributed by atoms with Gasteiger partial charge in [0.05, 0.1) is 11.0 Å². The predicted molar refractivity (Wildman–Crippen MR) is 274 cm³/mol. The molecular weight excluding hydrogens is 803 g/mol. The number of rotatable bonds is 9. The summed E-state index contributed by atoms with van der Waals surface area (Å²) in [4.78, 5) is 17.4. The highest BCUT2D eigenvalue weighted by atomic mass is 15.1. The molecule has 0 radical (unpaired) electrons. The lowest BCUT2D eigenvalue weighted by molar-refractivity contribution is 1.07. The molecule has 12 aromatic rings. The van der Waals surface area contributed by atoms with E-state index in [1.807, 2.05) is 30.3 Å². The first-order valence-corrected chi connectivity index (χ1v) is 22.3. The molecule has 0 N–H and O–H groups in total. The van der Waals surface area contributed by atoms with Crippen LogP contribution in [0, 0.1) is 0 Å². The van der Waals surface area contributed by atoms with Crippen LogP contribution in [0.5, 0.6) is 0 Å². The SMILES string of the molecule is c1ccc(-c2ccc(N(c3ccc(-c4ccc5c(c4)c4ccccc4n5-c4ccccc4)cc3)c3ccc(-c4nc(-c5ccccc5)nc(-c5ccc6ccccc6c5)n4)cc3)cc2)cc1. The lowest BCUT2D eigenvalue weighted by Gasteiger charge is -2.26. The summed E-state index contributed by atoms with van der Waals surface area (Å²) in [7, 11) is 0. The van der Waals surface area contributed by atoms with Crippen molar-refractivity contribution in [3.63, 3.8) is 0 Å². The normalized spacial score (nSPS) is 11.3. The monoisotopic (exact) mass is 843 g/mol. The molecule has 310 valence electrons. The third-order valence-corrected chi connectivity index (χ3v) is 12.4. The largest absolute Gasteiger partial charge is 0.311 e. The van der Waals surface area contributed by atoms with E-state index in [0.29, 0.717) is 17.5 Å². The third kappa shape index (κ3) is 7.25. The Morgan fingerprint density at radius 2 is 0.697 bits per heavy atom. The summed E-state index contributed by atoms with van der Waals surface area (Å²) < 4.78 is 2.36. The first-order valence-electron chi connectivity index (χ1n) is 22.3. The lowest BCUT2D eigenvalue weighted by atomic mass is 10.0. The molecule has 0 saturated heterocycles. The van der Waals surface area contributed by atoms with Crippen LogP contribution in [0.1, 0.15) is 0 Å². The number of anilines is 3. The molecule has 0 aliphatic heterocycles. The van der Waals surface area contributed by atoms with E-state index in [1.54, 1.807) is 0 Å². The molecule has 2 aromatic heterocycles. The Morgan fingerprint density at radius 3 is 1.33 bits per heavy atom. The second-order valence-electron chi connectivity index (χ2n) is 16.5. The minimum absolute atomic E-state index is 0.616. The van der Waals surface area contributed by atoms with E-state index in [4.69, 9.17) is 15.0 Å². The van der Waals surface area contributed by atoms with Gasteiger partial charge in [0.25, 0.3) is 0 Å². The molecule has 0 amide bonds. The number of hydrogen-bond donors (Lipinski definition) is 0. The van der Waals surface area contributed by atoms with E-state index >= 15 is 0 Å². The smallest absolute Gasteiger partial charge is 0.164 e. The Hall–Kier alpha value is -8.93. The second-order valence-corrected chi connectivity index (χ2v) is 16.5. The van der Waals surface area contributed by atoms with Crippen LogP contribution in [0.25, 0.3) is 94.7 Å². The van der Waals surface area contributed by atoms with Crippen molar-refractivity contribution in [2.75, 3.05) is 4.90 Å². The quantitative estimate of drug-likeness (QED) is 0.145. The molecule has 0 aliphatic carbocycles. The summed E-state index contributed by atoms with van der Waals surface area (Å²) in [5.74, 6) is 1.88. The molecule has 5 nitrogen and oxygen atoms in total. The zero-order valence-electron chi connectivity index (χ0n) is 35.9. The van der Waals surface area contributed by atoms with Crippen LogP contribution in [0.15, 0.2) is 249 Å². The van der Waals surface area contributed by atoms with E-state index in [-0.39, 0.29) is 0 Å². The average molecular weight is 844 g/mol. The minimum Gasteiger partial charge on any atom is -0.311 e. The van der Waals surface area contributed by atoms with Crippen LogP contribution < -0.4 is 4.90 Å². The van der Waals surface area contributed by atoms with Crippen LogP contribution in [-0.2, 0) is 0 Å². The maximum atomic E-state index is 5.09. The lowest BCUT2D eigenvalue weighted by Crippen LogP contribution is -2.10. The number of fused-ring (bicyclic) bond motifs is 4. The van der Waals surface area contributed by atoms with Gasteiger partial charge in [-0.1, -0.05) is 164 Å². The van der Waals surface area contributed by atoms with Gasteiger partial charge >= 0.3 is 0 Å². The standard InChI is InChI=1S/C61H41N5/c1-4-14-42(15-5-1)44-26-33-52(34-27-44)65(53-35-28-45(29-36-53)49-32-39-58-56(41-49)55-22-12-13-23-57(55)66(58)51-20-8-3-9-21-51)54-37-30-47(31-38-54)60-62-59(46-17-6-2-7-18-46)63-61(64-60)50-25-24-43-16-10-11-19-48(43)40-50/h1-41H. The highest BCUT2D eigenvalue weighted by Gasteiger charge is 2.18. The number of para-hydroxylation sites is 2. The van der Waals surface area contributed by atoms with Crippen molar-refractivity contribution < 1.29 is 0 Å². The van der Waals surface area contributed by atoms with Crippen molar-refractivity contribution in [2.45, 2.75) is 0 Å². The van der Waals surface area contributed by atoms with Gasteiger partial charge in [0, 0.05) is 50.2 Å². The summed E-state index contributed by atoms with van der Waals surface area (Å²) in [6.07, 6.45) is 0. The van der Waals surface area contributed by atoms with E-state index in [0.717, 1.165) is 50.4 Å². The van der Waals surface area contributed by atoms with Crippen LogP contribution in [0.2, 0.25) is 0 Å². The van der Waals surface area contributed by atoms with Gasteiger partial charge < -0.3 is 9.47 Å². The van der Waals surface area contributed by atoms with Gasteiger partial charge in [-0.2, -0.15) is 0 Å². The van der Waals surface area contributed by atoms with Gasteiger partial charge in [-0.05, 0) is 118 Å². The summed E-state index contributed by atoms with van der Waals surface area (Å²) >= 11 is 0. The first-order chi connectivity index (χ1) is 32.7. The molecule has 0 aliphatic rings.